The van der Waals surface area contributed by atoms with Gasteiger partial charge in [-0.15, -0.1) is 0 Å². The first-order valence-electron chi connectivity index (χ1n) is 11.9. The highest BCUT2D eigenvalue weighted by atomic mass is 32.2. The van der Waals surface area contributed by atoms with Crippen LogP contribution in [0.25, 0.3) is 11.1 Å². The van der Waals surface area contributed by atoms with Crippen molar-refractivity contribution in [2.24, 2.45) is 0 Å². The summed E-state index contributed by atoms with van der Waals surface area (Å²) in [6, 6.07) is 12.5. The summed E-state index contributed by atoms with van der Waals surface area (Å²) in [5.41, 5.74) is 1.39. The topological polar surface area (TPSA) is 75.7 Å². The smallest absolute Gasteiger partial charge is 0.412 e. The van der Waals surface area contributed by atoms with E-state index in [2.05, 4.69) is 5.32 Å². The molecule has 1 aliphatic rings. The van der Waals surface area contributed by atoms with E-state index >= 15 is 0 Å². The van der Waals surface area contributed by atoms with Crippen molar-refractivity contribution in [1.29, 1.82) is 0 Å². The van der Waals surface area contributed by atoms with Gasteiger partial charge in [-0.2, -0.15) is 4.31 Å². The zero-order valence-corrected chi connectivity index (χ0v) is 22.0. The van der Waals surface area contributed by atoms with Gasteiger partial charge in [-0.05, 0) is 62.4 Å². The van der Waals surface area contributed by atoms with Crippen LogP contribution in [0.15, 0.2) is 53.4 Å². The first-order valence-corrected chi connectivity index (χ1v) is 13.4. The molecule has 39 heavy (non-hydrogen) atoms. The van der Waals surface area contributed by atoms with E-state index < -0.39 is 61.7 Å². The van der Waals surface area contributed by atoms with Gasteiger partial charge in [-0.25, -0.2) is 35.2 Å². The highest BCUT2D eigenvalue weighted by Crippen LogP contribution is 2.38. The number of benzene rings is 3. The number of carbonyl (C=O) groups is 1. The van der Waals surface area contributed by atoms with Crippen molar-refractivity contribution < 1.29 is 39.9 Å². The van der Waals surface area contributed by atoms with Crippen molar-refractivity contribution in [2.75, 3.05) is 5.32 Å². The SMILES string of the molecule is CC(C)(C)OC(=O)Nc1ccc(-c2ccccc2CN(C2CC2)S(=O)(=O)c2c(F)c(F)c(F)c(F)c2F)cc1. The van der Waals surface area contributed by atoms with Crippen LogP contribution in [0.3, 0.4) is 0 Å². The zero-order chi connectivity index (χ0) is 28.7. The fraction of sp³-hybridized carbons (Fsp3) is 0.296. The highest BCUT2D eigenvalue weighted by molar-refractivity contribution is 7.89. The average Bonchev–Trinajstić information content (AvgIpc) is 3.69. The Morgan fingerprint density at radius 1 is 0.897 bits per heavy atom. The molecule has 208 valence electrons. The molecule has 4 rings (SSSR count). The number of hydrogen-bond acceptors (Lipinski definition) is 4. The third-order valence-electron chi connectivity index (χ3n) is 5.88. The Hall–Kier alpha value is -3.51. The van der Waals surface area contributed by atoms with E-state index in [0.717, 1.165) is 4.31 Å². The van der Waals surface area contributed by atoms with Gasteiger partial charge < -0.3 is 4.74 Å². The Morgan fingerprint density at radius 2 is 1.44 bits per heavy atom. The van der Waals surface area contributed by atoms with Gasteiger partial charge in [0, 0.05) is 18.3 Å². The van der Waals surface area contributed by atoms with E-state index in [1.54, 1.807) is 69.3 Å². The summed E-state index contributed by atoms with van der Waals surface area (Å²) >= 11 is 0. The summed E-state index contributed by atoms with van der Waals surface area (Å²) in [5, 5.41) is 2.60. The molecule has 6 nitrogen and oxygen atoms in total. The first kappa shape index (κ1) is 28.5. The number of nitrogens with one attached hydrogen (secondary N) is 1. The molecular weight excluding hydrogens is 543 g/mol. The molecule has 3 aromatic carbocycles. The Labute approximate surface area is 222 Å². The molecule has 1 aliphatic carbocycles. The molecule has 0 aliphatic heterocycles. The molecule has 0 heterocycles. The summed E-state index contributed by atoms with van der Waals surface area (Å²) in [6.07, 6.45) is 0.0815. The predicted octanol–water partition coefficient (Wildman–Crippen LogP) is 6.75. The van der Waals surface area contributed by atoms with Crippen molar-refractivity contribution in [3.05, 3.63) is 83.2 Å². The molecule has 12 heteroatoms. The Balaban J connectivity index is 1.66. The van der Waals surface area contributed by atoms with Gasteiger partial charge in [0.2, 0.25) is 15.8 Å². The molecule has 0 unspecified atom stereocenters. The number of ether oxygens (including phenoxy) is 1. The molecule has 1 fully saturated rings. The van der Waals surface area contributed by atoms with Gasteiger partial charge in [0.15, 0.2) is 28.2 Å². The fourth-order valence-electron chi connectivity index (χ4n) is 3.96. The molecule has 0 saturated heterocycles. The number of nitrogens with zero attached hydrogens (tertiary/aromatic N) is 1. The van der Waals surface area contributed by atoms with Crippen LogP contribution in [-0.4, -0.2) is 30.5 Å². The number of rotatable bonds is 7. The van der Waals surface area contributed by atoms with Crippen LogP contribution in [0.1, 0.15) is 39.2 Å². The van der Waals surface area contributed by atoms with Crippen molar-refractivity contribution in [2.45, 2.75) is 56.7 Å². The molecule has 0 atom stereocenters. The van der Waals surface area contributed by atoms with Gasteiger partial charge in [0.1, 0.15) is 5.60 Å². The summed E-state index contributed by atoms with van der Waals surface area (Å²) < 4.78 is 103. The zero-order valence-electron chi connectivity index (χ0n) is 21.2. The maximum atomic E-state index is 14.5. The summed E-state index contributed by atoms with van der Waals surface area (Å²) in [6.45, 7) is 4.80. The van der Waals surface area contributed by atoms with Gasteiger partial charge in [0.25, 0.3) is 0 Å². The second-order valence-corrected chi connectivity index (χ2v) is 11.9. The van der Waals surface area contributed by atoms with Crippen LogP contribution in [0, 0.1) is 29.1 Å². The minimum atomic E-state index is -5.12. The maximum absolute atomic E-state index is 14.5. The van der Waals surface area contributed by atoms with Crippen LogP contribution >= 0.6 is 0 Å². The summed E-state index contributed by atoms with van der Waals surface area (Å²) in [5.74, 6) is -11.9. The lowest BCUT2D eigenvalue weighted by Crippen LogP contribution is -2.34. The molecule has 1 saturated carbocycles. The first-order chi connectivity index (χ1) is 18.2. The molecule has 1 amide bonds. The summed E-state index contributed by atoms with van der Waals surface area (Å²) in [7, 11) is -5.12. The number of amides is 1. The van der Waals surface area contributed by atoms with E-state index in [0.29, 0.717) is 35.2 Å². The minimum Gasteiger partial charge on any atom is -0.444 e. The molecule has 0 bridgehead atoms. The second kappa shape index (κ2) is 10.6. The lowest BCUT2D eigenvalue weighted by molar-refractivity contribution is 0.0636. The molecule has 0 spiro atoms. The van der Waals surface area contributed by atoms with Crippen LogP contribution in [0.5, 0.6) is 0 Å². The van der Waals surface area contributed by atoms with Gasteiger partial charge in [-0.1, -0.05) is 36.4 Å². The third kappa shape index (κ3) is 6.06. The van der Waals surface area contributed by atoms with Crippen LogP contribution in [0.4, 0.5) is 32.4 Å². The van der Waals surface area contributed by atoms with E-state index in [9.17, 15) is 35.2 Å². The van der Waals surface area contributed by atoms with E-state index in [4.69, 9.17) is 4.74 Å². The molecule has 3 aromatic rings. The van der Waals surface area contributed by atoms with Crippen LogP contribution in [-0.2, 0) is 21.3 Å². The largest absolute Gasteiger partial charge is 0.444 e. The lowest BCUT2D eigenvalue weighted by atomic mass is 9.99. The van der Waals surface area contributed by atoms with E-state index in [-0.39, 0.29) is 6.54 Å². The Morgan fingerprint density at radius 3 is 1.97 bits per heavy atom. The second-order valence-electron chi connectivity index (χ2n) is 10.0. The number of sulfonamides is 1. The number of halogens is 5. The Bertz CT molecular complexity index is 1490. The van der Waals surface area contributed by atoms with Gasteiger partial charge in [-0.3, -0.25) is 5.32 Å². The van der Waals surface area contributed by atoms with Crippen molar-refractivity contribution in [1.82, 2.24) is 4.31 Å². The fourth-order valence-corrected chi connectivity index (χ4v) is 5.74. The van der Waals surface area contributed by atoms with Crippen LogP contribution in [0.2, 0.25) is 0 Å². The van der Waals surface area contributed by atoms with E-state index in [1.165, 1.54) is 0 Å². The molecule has 1 N–H and O–H groups in total. The minimum absolute atomic E-state index is 0.363. The van der Waals surface area contributed by atoms with Gasteiger partial charge in [0.05, 0.1) is 0 Å². The summed E-state index contributed by atoms with van der Waals surface area (Å²) in [4.78, 5) is 10.2. The van der Waals surface area contributed by atoms with Gasteiger partial charge >= 0.3 is 6.09 Å². The normalized spacial score (nSPS) is 14.0. The maximum Gasteiger partial charge on any atom is 0.412 e. The van der Waals surface area contributed by atoms with Crippen molar-refractivity contribution in [3.8, 4) is 11.1 Å². The van der Waals surface area contributed by atoms with Crippen molar-refractivity contribution >= 4 is 21.8 Å². The Kier molecular flexibility index (Phi) is 7.72. The monoisotopic (exact) mass is 568 g/mol. The number of hydrogen-bond donors (Lipinski definition) is 1. The highest BCUT2D eigenvalue weighted by Gasteiger charge is 2.43. The van der Waals surface area contributed by atoms with E-state index in [1.807, 2.05) is 0 Å². The quantitative estimate of drug-likeness (QED) is 0.194. The standard InChI is InChI=1S/C27H25F5N2O4S/c1-27(2,3)38-26(35)33-17-10-8-15(9-11-17)19-7-5-4-6-16(19)14-34(18-12-13-18)39(36,37)25-23(31)21(29)20(28)22(30)24(25)32/h4-11,18H,12-14H2,1-3H3,(H,33,35). The van der Waals surface area contributed by atoms with Crippen LogP contribution < -0.4 is 5.32 Å². The number of carbonyl (C=O) groups excluding carboxylic acids is 1. The molecular formula is C27H25F5N2O4S. The lowest BCUT2D eigenvalue weighted by Gasteiger charge is -2.24. The van der Waals surface area contributed by atoms with Crippen molar-refractivity contribution in [3.63, 3.8) is 0 Å². The predicted molar refractivity (Wildman–Crippen MR) is 134 cm³/mol. The molecule has 0 aromatic heterocycles. The molecule has 0 radical (unpaired) electrons. The number of anilines is 1. The average molecular weight is 569 g/mol. The third-order valence-corrected chi connectivity index (χ3v) is 7.79.